The number of alkyl halides is 3. The summed E-state index contributed by atoms with van der Waals surface area (Å²) in [7, 11) is 0. The summed E-state index contributed by atoms with van der Waals surface area (Å²) in [4.78, 5) is 26.4. The third-order valence-electron chi connectivity index (χ3n) is 2.54. The zero-order valence-corrected chi connectivity index (χ0v) is 8.90. The van der Waals surface area contributed by atoms with Crippen molar-refractivity contribution in [1.82, 2.24) is 4.98 Å². The number of nitrogens with two attached hydrogens (primary N) is 1. The minimum Gasteiger partial charge on any atom is -0.431 e. The molecule has 2 N–H and O–H groups in total. The van der Waals surface area contributed by atoms with Crippen molar-refractivity contribution in [2.24, 2.45) is 11.7 Å². The highest BCUT2D eigenvalue weighted by Crippen LogP contribution is 2.32. The summed E-state index contributed by atoms with van der Waals surface area (Å²) in [6.45, 7) is -0.119. The Balaban J connectivity index is 2.20. The van der Waals surface area contributed by atoms with E-state index in [0.29, 0.717) is 6.26 Å². The van der Waals surface area contributed by atoms with Crippen molar-refractivity contribution in [3.05, 3.63) is 12.0 Å². The van der Waals surface area contributed by atoms with E-state index in [1.807, 2.05) is 0 Å². The predicted octanol–water partition coefficient (Wildman–Crippen LogP) is 0.532. The summed E-state index contributed by atoms with van der Waals surface area (Å²) in [5.74, 6) is -1.97. The Morgan fingerprint density at radius 2 is 2.22 bits per heavy atom. The lowest BCUT2D eigenvalue weighted by Gasteiger charge is -2.10. The van der Waals surface area contributed by atoms with Crippen LogP contribution in [0.1, 0.15) is 12.1 Å². The van der Waals surface area contributed by atoms with E-state index >= 15 is 0 Å². The van der Waals surface area contributed by atoms with Gasteiger partial charge in [-0.3, -0.25) is 14.5 Å². The van der Waals surface area contributed by atoms with Crippen LogP contribution in [0.4, 0.5) is 19.2 Å². The van der Waals surface area contributed by atoms with Gasteiger partial charge in [-0.25, -0.2) is 0 Å². The average molecular weight is 263 g/mol. The molecule has 0 radical (unpaired) electrons. The number of hydrogen-bond donors (Lipinski definition) is 1. The van der Waals surface area contributed by atoms with Gasteiger partial charge >= 0.3 is 12.2 Å². The van der Waals surface area contributed by atoms with E-state index in [9.17, 15) is 22.8 Å². The number of nitrogens with zero attached hydrogens (tertiary/aromatic N) is 2. The zero-order valence-electron chi connectivity index (χ0n) is 8.90. The molecule has 1 aromatic heterocycles. The van der Waals surface area contributed by atoms with Crippen LogP contribution in [0.15, 0.2) is 10.7 Å². The number of amides is 2. The van der Waals surface area contributed by atoms with Gasteiger partial charge in [0.1, 0.15) is 6.26 Å². The van der Waals surface area contributed by atoms with Crippen LogP contribution in [0.2, 0.25) is 0 Å². The molecular formula is C9H8F3N3O3. The van der Waals surface area contributed by atoms with Crippen LogP contribution in [-0.4, -0.2) is 23.3 Å². The number of anilines is 1. The maximum atomic E-state index is 12.3. The second kappa shape index (κ2) is 4.00. The minimum atomic E-state index is -4.65. The molecule has 0 aliphatic carbocycles. The van der Waals surface area contributed by atoms with Crippen molar-refractivity contribution in [2.75, 3.05) is 11.4 Å². The Labute approximate surface area is 98.5 Å². The maximum absolute atomic E-state index is 12.3. The van der Waals surface area contributed by atoms with Crippen molar-refractivity contribution in [3.8, 4) is 0 Å². The van der Waals surface area contributed by atoms with Crippen molar-refractivity contribution < 1.29 is 27.2 Å². The number of oxazole rings is 1. The smallest absolute Gasteiger partial charge is 0.431 e. The predicted molar refractivity (Wildman–Crippen MR) is 51.2 cm³/mol. The maximum Gasteiger partial charge on any atom is 0.436 e. The Bertz CT molecular complexity index is 497. The SMILES string of the molecule is NC(=O)C1CC(=O)N(c2nc(C(F)(F)F)co2)C1. The van der Waals surface area contributed by atoms with E-state index < -0.39 is 35.6 Å². The quantitative estimate of drug-likeness (QED) is 0.842. The number of primary amides is 1. The van der Waals surface area contributed by atoms with Crippen LogP contribution in [0, 0.1) is 5.92 Å². The van der Waals surface area contributed by atoms with Gasteiger partial charge in [0.2, 0.25) is 11.8 Å². The molecule has 18 heavy (non-hydrogen) atoms. The van der Waals surface area contributed by atoms with Crippen molar-refractivity contribution >= 4 is 17.8 Å². The molecular weight excluding hydrogens is 255 g/mol. The van der Waals surface area contributed by atoms with Crippen molar-refractivity contribution in [1.29, 1.82) is 0 Å². The Morgan fingerprint density at radius 1 is 1.56 bits per heavy atom. The van der Waals surface area contributed by atoms with Gasteiger partial charge < -0.3 is 10.2 Å². The number of rotatable bonds is 2. The number of carbonyl (C=O) groups excluding carboxylic acids is 2. The third kappa shape index (κ3) is 2.15. The molecule has 0 spiro atoms. The molecule has 2 heterocycles. The van der Waals surface area contributed by atoms with E-state index in [1.54, 1.807) is 0 Å². The number of carbonyl (C=O) groups is 2. The summed E-state index contributed by atoms with van der Waals surface area (Å²) in [6.07, 6.45) is -4.38. The lowest BCUT2D eigenvalue weighted by atomic mass is 10.1. The molecule has 0 aromatic carbocycles. The van der Waals surface area contributed by atoms with Crippen molar-refractivity contribution in [3.63, 3.8) is 0 Å². The van der Waals surface area contributed by atoms with E-state index in [4.69, 9.17) is 5.73 Å². The summed E-state index contributed by atoms with van der Waals surface area (Å²) >= 11 is 0. The summed E-state index contributed by atoms with van der Waals surface area (Å²) in [6, 6.07) is -0.476. The fourth-order valence-corrected chi connectivity index (χ4v) is 1.60. The van der Waals surface area contributed by atoms with Crippen molar-refractivity contribution in [2.45, 2.75) is 12.6 Å². The van der Waals surface area contributed by atoms with Crippen LogP contribution < -0.4 is 10.6 Å². The first-order chi connectivity index (χ1) is 8.29. The molecule has 2 amide bonds. The van der Waals surface area contributed by atoms with Crippen LogP contribution in [-0.2, 0) is 15.8 Å². The molecule has 1 aliphatic rings. The second-order valence-corrected chi connectivity index (χ2v) is 3.82. The number of halogens is 3. The topological polar surface area (TPSA) is 89.4 Å². The number of aromatic nitrogens is 1. The fourth-order valence-electron chi connectivity index (χ4n) is 1.60. The molecule has 98 valence electrons. The summed E-state index contributed by atoms with van der Waals surface area (Å²) in [5, 5.41) is 0. The molecule has 1 aromatic rings. The molecule has 2 rings (SSSR count). The number of hydrogen-bond acceptors (Lipinski definition) is 4. The molecule has 6 nitrogen and oxygen atoms in total. The largest absolute Gasteiger partial charge is 0.436 e. The standard InChI is InChI=1S/C9H8F3N3O3/c10-9(11,12)5-3-18-8(14-5)15-2-4(7(13)17)1-6(15)16/h3-4H,1-2H2,(H2,13,17). The molecule has 1 aliphatic heterocycles. The van der Waals surface area contributed by atoms with Crippen LogP contribution in [0.3, 0.4) is 0 Å². The lowest BCUT2D eigenvalue weighted by molar-refractivity contribution is -0.141. The normalized spacial score (nSPS) is 20.5. The lowest BCUT2D eigenvalue weighted by Crippen LogP contribution is -2.28. The summed E-state index contributed by atoms with van der Waals surface area (Å²) < 4.78 is 41.5. The van der Waals surface area contributed by atoms with Crippen LogP contribution in [0.5, 0.6) is 0 Å². The van der Waals surface area contributed by atoms with Gasteiger partial charge in [-0.2, -0.15) is 18.2 Å². The highest BCUT2D eigenvalue weighted by atomic mass is 19.4. The second-order valence-electron chi connectivity index (χ2n) is 3.82. The van der Waals surface area contributed by atoms with E-state index in [-0.39, 0.29) is 13.0 Å². The van der Waals surface area contributed by atoms with Crippen LogP contribution in [0.25, 0.3) is 0 Å². The van der Waals surface area contributed by atoms with Gasteiger partial charge in [0, 0.05) is 13.0 Å². The van der Waals surface area contributed by atoms with E-state index in [2.05, 4.69) is 9.40 Å². The molecule has 1 fully saturated rings. The molecule has 0 saturated carbocycles. The van der Waals surface area contributed by atoms with Gasteiger partial charge in [-0.1, -0.05) is 0 Å². The van der Waals surface area contributed by atoms with Gasteiger partial charge in [-0.15, -0.1) is 0 Å². The molecule has 0 bridgehead atoms. The monoisotopic (exact) mass is 263 g/mol. The minimum absolute atomic E-state index is 0.119. The van der Waals surface area contributed by atoms with E-state index in [1.165, 1.54) is 0 Å². The van der Waals surface area contributed by atoms with Gasteiger partial charge in [0.15, 0.2) is 5.69 Å². The van der Waals surface area contributed by atoms with Crippen LogP contribution >= 0.6 is 0 Å². The van der Waals surface area contributed by atoms with Gasteiger partial charge in [-0.05, 0) is 0 Å². The van der Waals surface area contributed by atoms with Gasteiger partial charge in [0.25, 0.3) is 0 Å². The Kier molecular flexibility index (Phi) is 2.76. The zero-order chi connectivity index (χ0) is 13.5. The van der Waals surface area contributed by atoms with Gasteiger partial charge in [0.05, 0.1) is 5.92 Å². The first-order valence-corrected chi connectivity index (χ1v) is 4.91. The Morgan fingerprint density at radius 3 is 2.67 bits per heavy atom. The highest BCUT2D eigenvalue weighted by molar-refractivity contribution is 5.98. The van der Waals surface area contributed by atoms with E-state index in [0.717, 1.165) is 4.90 Å². The first kappa shape index (κ1) is 12.4. The molecule has 1 atom stereocenters. The highest BCUT2D eigenvalue weighted by Gasteiger charge is 2.39. The molecule has 1 saturated heterocycles. The summed E-state index contributed by atoms with van der Waals surface area (Å²) in [5.41, 5.74) is 3.80. The average Bonchev–Trinajstić information content (AvgIpc) is 2.81. The Hall–Kier alpha value is -2.06. The molecule has 9 heteroatoms. The fraction of sp³-hybridized carbons (Fsp3) is 0.444. The first-order valence-electron chi connectivity index (χ1n) is 4.91. The molecule has 1 unspecified atom stereocenters. The third-order valence-corrected chi connectivity index (χ3v) is 2.54.